The third-order valence-corrected chi connectivity index (χ3v) is 6.74. The van der Waals surface area contributed by atoms with E-state index in [1.54, 1.807) is 22.2 Å². The smallest absolute Gasteiger partial charge is 0.249 e. The summed E-state index contributed by atoms with van der Waals surface area (Å²) in [4.78, 5) is 1.56. The molecule has 5 rings (SSSR count). The highest BCUT2D eigenvalue weighted by Crippen LogP contribution is 2.48. The number of nitrogens with zero attached hydrogens (tertiary/aromatic N) is 4. The highest BCUT2D eigenvalue weighted by molar-refractivity contribution is 7.98. The zero-order chi connectivity index (χ0) is 14.8. The van der Waals surface area contributed by atoms with E-state index in [0.717, 1.165) is 23.7 Å². The van der Waals surface area contributed by atoms with E-state index in [1.807, 2.05) is 11.3 Å². The molecule has 2 N–H and O–H groups in total. The van der Waals surface area contributed by atoms with Crippen LogP contribution in [0, 0.1) is 5.92 Å². The second-order valence-electron chi connectivity index (χ2n) is 6.20. The summed E-state index contributed by atoms with van der Waals surface area (Å²) in [5, 5.41) is 16.8. The van der Waals surface area contributed by atoms with E-state index in [1.165, 1.54) is 29.8 Å². The SMILES string of the molecule is CSc1nnc2n1-c1sc3c(c1C1NCNN21)C[C@H](C)CC3. The van der Waals surface area contributed by atoms with E-state index in [0.29, 0.717) is 0 Å². The van der Waals surface area contributed by atoms with Gasteiger partial charge in [0.05, 0.1) is 6.67 Å². The molecule has 0 amide bonds. The lowest BCUT2D eigenvalue weighted by molar-refractivity contribution is 0.495. The van der Waals surface area contributed by atoms with Gasteiger partial charge in [0.25, 0.3) is 0 Å². The number of hydrogen-bond donors (Lipinski definition) is 2. The molecular formula is C14H18N6S2. The number of hydrazine groups is 1. The summed E-state index contributed by atoms with van der Waals surface area (Å²) >= 11 is 3.60. The van der Waals surface area contributed by atoms with Crippen molar-refractivity contribution in [3.05, 3.63) is 16.0 Å². The lowest BCUT2D eigenvalue weighted by atomic mass is 9.87. The third-order valence-electron chi connectivity index (χ3n) is 4.82. The summed E-state index contributed by atoms with van der Waals surface area (Å²) in [5.41, 5.74) is 6.40. The van der Waals surface area contributed by atoms with Crippen LogP contribution in [0.3, 0.4) is 0 Å². The van der Waals surface area contributed by atoms with Gasteiger partial charge >= 0.3 is 0 Å². The van der Waals surface area contributed by atoms with Gasteiger partial charge in [0, 0.05) is 10.4 Å². The van der Waals surface area contributed by atoms with Crippen LogP contribution in [0.4, 0.5) is 5.95 Å². The second-order valence-corrected chi connectivity index (χ2v) is 8.06. The molecule has 0 saturated carbocycles. The zero-order valence-corrected chi connectivity index (χ0v) is 14.2. The van der Waals surface area contributed by atoms with Crippen molar-refractivity contribution in [2.75, 3.05) is 17.9 Å². The van der Waals surface area contributed by atoms with E-state index >= 15 is 0 Å². The maximum Gasteiger partial charge on any atom is 0.249 e. The molecule has 2 aromatic rings. The standard InChI is InChI=1S/C14H18N6S2/c1-7-3-4-9-8(5-7)10-11-15-6-16-20(11)13-17-18-14(21-2)19(13)12(10)22-9/h7,11,15-16H,3-6H2,1-2H3/t7-,11?/m1/s1. The van der Waals surface area contributed by atoms with Crippen molar-refractivity contribution in [2.24, 2.45) is 5.92 Å². The van der Waals surface area contributed by atoms with Gasteiger partial charge in [-0.2, -0.15) is 0 Å². The summed E-state index contributed by atoms with van der Waals surface area (Å²) in [7, 11) is 0. The molecular weight excluding hydrogens is 316 g/mol. The maximum absolute atomic E-state index is 4.41. The number of rotatable bonds is 1. The monoisotopic (exact) mass is 334 g/mol. The van der Waals surface area contributed by atoms with Crippen molar-refractivity contribution >= 4 is 29.0 Å². The van der Waals surface area contributed by atoms with Crippen LogP contribution >= 0.6 is 23.1 Å². The lowest BCUT2D eigenvalue weighted by Gasteiger charge is -2.31. The van der Waals surface area contributed by atoms with Gasteiger partial charge in [-0.1, -0.05) is 18.7 Å². The van der Waals surface area contributed by atoms with Crippen LogP contribution in [-0.2, 0) is 12.8 Å². The number of hydrogen-bond acceptors (Lipinski definition) is 7. The molecule has 0 spiro atoms. The van der Waals surface area contributed by atoms with Crippen molar-refractivity contribution in [1.82, 2.24) is 25.5 Å². The molecule has 2 atom stereocenters. The first kappa shape index (κ1) is 13.4. The number of thioether (sulfide) groups is 1. The second kappa shape index (κ2) is 4.70. The van der Waals surface area contributed by atoms with Crippen LogP contribution in [0.15, 0.2) is 5.16 Å². The predicted molar refractivity (Wildman–Crippen MR) is 88.6 cm³/mol. The van der Waals surface area contributed by atoms with E-state index in [9.17, 15) is 0 Å². The van der Waals surface area contributed by atoms with Crippen LogP contribution in [0.2, 0.25) is 0 Å². The summed E-state index contributed by atoms with van der Waals surface area (Å²) in [6, 6.07) is 0. The molecule has 1 unspecified atom stereocenters. The Hall–Kier alpha value is -1.09. The van der Waals surface area contributed by atoms with Crippen molar-refractivity contribution in [1.29, 1.82) is 0 Å². The van der Waals surface area contributed by atoms with Crippen LogP contribution in [0.5, 0.6) is 0 Å². The Kier molecular flexibility index (Phi) is 2.86. The molecule has 0 aromatic carbocycles. The molecule has 1 saturated heterocycles. The van der Waals surface area contributed by atoms with Gasteiger partial charge in [-0.25, -0.2) is 9.99 Å². The highest BCUT2D eigenvalue weighted by Gasteiger charge is 2.41. The molecule has 22 heavy (non-hydrogen) atoms. The van der Waals surface area contributed by atoms with E-state index < -0.39 is 0 Å². The Bertz CT molecular complexity index is 751. The molecule has 2 aromatic heterocycles. The summed E-state index contributed by atoms with van der Waals surface area (Å²) in [5.74, 6) is 1.68. The van der Waals surface area contributed by atoms with Gasteiger partial charge in [0.15, 0.2) is 5.16 Å². The van der Waals surface area contributed by atoms with Crippen molar-refractivity contribution < 1.29 is 0 Å². The Balaban J connectivity index is 1.78. The summed E-state index contributed by atoms with van der Waals surface area (Å²) < 4.78 is 2.23. The Labute approximate surface area is 137 Å². The molecule has 8 heteroatoms. The average molecular weight is 334 g/mol. The molecule has 116 valence electrons. The van der Waals surface area contributed by atoms with Crippen LogP contribution in [0.1, 0.15) is 35.5 Å². The van der Waals surface area contributed by atoms with E-state index in [-0.39, 0.29) is 6.17 Å². The molecule has 2 aliphatic heterocycles. The minimum absolute atomic E-state index is 0.187. The first-order chi connectivity index (χ1) is 10.8. The molecule has 6 nitrogen and oxygen atoms in total. The average Bonchev–Trinajstić information content (AvgIpc) is 3.21. The molecule has 1 aliphatic carbocycles. The van der Waals surface area contributed by atoms with Crippen LogP contribution in [0.25, 0.3) is 5.00 Å². The number of nitrogens with one attached hydrogen (secondary N) is 2. The summed E-state index contributed by atoms with van der Waals surface area (Å²) in [6.07, 6.45) is 5.96. The fraction of sp³-hybridized carbons (Fsp3) is 0.571. The number of aromatic nitrogens is 3. The normalized spacial score (nSPS) is 25.6. The Morgan fingerprint density at radius 3 is 3.14 bits per heavy atom. The van der Waals surface area contributed by atoms with Gasteiger partial charge in [-0.3, -0.25) is 10.3 Å². The first-order valence-corrected chi connectivity index (χ1v) is 9.72. The van der Waals surface area contributed by atoms with E-state index in [2.05, 4.69) is 43.7 Å². The molecule has 0 radical (unpaired) electrons. The van der Waals surface area contributed by atoms with Crippen molar-refractivity contribution in [3.8, 4) is 5.00 Å². The molecule has 1 fully saturated rings. The van der Waals surface area contributed by atoms with E-state index in [4.69, 9.17) is 0 Å². The van der Waals surface area contributed by atoms with Gasteiger partial charge < -0.3 is 0 Å². The first-order valence-electron chi connectivity index (χ1n) is 7.68. The van der Waals surface area contributed by atoms with Crippen LogP contribution < -0.4 is 15.8 Å². The number of anilines is 1. The van der Waals surface area contributed by atoms with Crippen molar-refractivity contribution in [2.45, 2.75) is 37.5 Å². The number of thiophene rings is 1. The number of fused-ring (bicyclic) bond motifs is 8. The van der Waals surface area contributed by atoms with Crippen molar-refractivity contribution in [3.63, 3.8) is 0 Å². The Morgan fingerprint density at radius 2 is 2.27 bits per heavy atom. The summed E-state index contributed by atoms with van der Waals surface area (Å²) in [6.45, 7) is 3.14. The Morgan fingerprint density at radius 1 is 1.36 bits per heavy atom. The topological polar surface area (TPSA) is 58.0 Å². The predicted octanol–water partition coefficient (Wildman–Crippen LogP) is 2.06. The minimum Gasteiger partial charge on any atom is -0.278 e. The molecule has 0 bridgehead atoms. The lowest BCUT2D eigenvalue weighted by Crippen LogP contribution is -2.39. The largest absolute Gasteiger partial charge is 0.278 e. The molecule has 4 heterocycles. The van der Waals surface area contributed by atoms with Gasteiger partial charge in [-0.05, 0) is 37.0 Å². The fourth-order valence-corrected chi connectivity index (χ4v) is 5.68. The fourth-order valence-electron chi connectivity index (χ4n) is 3.77. The number of aryl methyl sites for hydroxylation is 1. The zero-order valence-electron chi connectivity index (χ0n) is 12.6. The third kappa shape index (κ3) is 1.63. The maximum atomic E-state index is 4.41. The van der Waals surface area contributed by atoms with Gasteiger partial charge in [0.2, 0.25) is 5.95 Å². The highest BCUT2D eigenvalue weighted by atomic mass is 32.2. The quantitative estimate of drug-likeness (QED) is 0.779. The molecule has 3 aliphatic rings. The van der Waals surface area contributed by atoms with Gasteiger partial charge in [0.1, 0.15) is 11.2 Å². The minimum atomic E-state index is 0.187. The van der Waals surface area contributed by atoms with Gasteiger partial charge in [-0.15, -0.1) is 21.5 Å². The van der Waals surface area contributed by atoms with Crippen LogP contribution in [-0.4, -0.2) is 27.7 Å².